The molecule has 3 atom stereocenters. The molecule has 0 spiro atoms. The molecular formula is C15H24N2S3. The summed E-state index contributed by atoms with van der Waals surface area (Å²) in [6, 6.07) is 0.783. The summed E-state index contributed by atoms with van der Waals surface area (Å²) in [4.78, 5) is 6.43. The lowest BCUT2D eigenvalue weighted by molar-refractivity contribution is 0.689. The summed E-state index contributed by atoms with van der Waals surface area (Å²) in [5.74, 6) is 1.22. The maximum Gasteiger partial charge on any atom is 0.107 e. The number of rotatable bonds is 5. The Kier molecular flexibility index (Phi) is 5.01. The van der Waals surface area contributed by atoms with Crippen LogP contribution < -0.4 is 5.32 Å². The Morgan fingerprint density at radius 3 is 2.70 bits per heavy atom. The third kappa shape index (κ3) is 3.54. The minimum absolute atomic E-state index is 0.608. The molecule has 20 heavy (non-hydrogen) atoms. The molecule has 1 aliphatic carbocycles. The van der Waals surface area contributed by atoms with Gasteiger partial charge in [-0.3, -0.25) is 0 Å². The highest BCUT2D eigenvalue weighted by atomic mass is 32.2. The fourth-order valence-electron chi connectivity index (χ4n) is 2.39. The van der Waals surface area contributed by atoms with Gasteiger partial charge in [0.2, 0.25) is 0 Å². The van der Waals surface area contributed by atoms with E-state index >= 15 is 0 Å². The number of thioether (sulfide) groups is 2. The van der Waals surface area contributed by atoms with E-state index in [2.05, 4.69) is 49.6 Å². The van der Waals surface area contributed by atoms with Crippen LogP contribution in [0.3, 0.4) is 0 Å². The lowest BCUT2D eigenvalue weighted by Gasteiger charge is -2.30. The molecule has 1 aromatic rings. The van der Waals surface area contributed by atoms with Crippen molar-refractivity contribution in [3.8, 4) is 0 Å². The molecule has 0 aromatic carbocycles. The van der Waals surface area contributed by atoms with Crippen molar-refractivity contribution in [3.05, 3.63) is 15.6 Å². The molecule has 112 valence electrons. The Morgan fingerprint density at radius 1 is 1.25 bits per heavy atom. The van der Waals surface area contributed by atoms with E-state index in [1.807, 2.05) is 11.3 Å². The Labute approximate surface area is 134 Å². The summed E-state index contributed by atoms with van der Waals surface area (Å²) in [5, 5.41) is 7.12. The average Bonchev–Trinajstić information content (AvgIpc) is 3.18. The van der Waals surface area contributed by atoms with Crippen LogP contribution in [0.2, 0.25) is 0 Å². The molecule has 1 saturated heterocycles. The summed E-state index contributed by atoms with van der Waals surface area (Å²) in [5.41, 5.74) is 1.33. The minimum atomic E-state index is 0.608. The van der Waals surface area contributed by atoms with E-state index in [9.17, 15) is 0 Å². The standard InChI is InChI=1S/C15H24N2S3/c1-4-12-13(7-16-11-5-6-11)20-15(17-12)14-8-18-9(2)10(3)19-14/h9-11,14,16H,4-8H2,1-3H3. The zero-order valence-corrected chi connectivity index (χ0v) is 15.0. The number of hydrogen-bond donors (Lipinski definition) is 1. The molecule has 2 fully saturated rings. The van der Waals surface area contributed by atoms with Crippen LogP contribution in [-0.2, 0) is 13.0 Å². The molecule has 1 aromatic heterocycles. The van der Waals surface area contributed by atoms with Gasteiger partial charge in [-0.2, -0.15) is 11.8 Å². The first-order valence-electron chi connectivity index (χ1n) is 7.66. The zero-order valence-electron chi connectivity index (χ0n) is 12.5. The third-order valence-corrected chi connectivity index (χ3v) is 8.84. The number of thiazole rings is 1. The van der Waals surface area contributed by atoms with Gasteiger partial charge in [0, 0.05) is 33.7 Å². The molecule has 1 N–H and O–H groups in total. The van der Waals surface area contributed by atoms with Crippen molar-refractivity contribution in [2.24, 2.45) is 0 Å². The number of hydrogen-bond acceptors (Lipinski definition) is 5. The Morgan fingerprint density at radius 2 is 2.05 bits per heavy atom. The second-order valence-corrected chi connectivity index (χ2v) is 9.91. The second kappa shape index (κ2) is 6.59. The molecule has 1 aliphatic heterocycles. The monoisotopic (exact) mass is 328 g/mol. The van der Waals surface area contributed by atoms with Gasteiger partial charge < -0.3 is 5.32 Å². The maximum atomic E-state index is 4.95. The van der Waals surface area contributed by atoms with Crippen LogP contribution in [0.5, 0.6) is 0 Å². The quantitative estimate of drug-likeness (QED) is 0.873. The van der Waals surface area contributed by atoms with Gasteiger partial charge in [0.15, 0.2) is 0 Å². The lowest BCUT2D eigenvalue weighted by Crippen LogP contribution is -2.21. The van der Waals surface area contributed by atoms with Crippen molar-refractivity contribution in [2.75, 3.05) is 5.75 Å². The number of nitrogens with zero attached hydrogens (tertiary/aromatic N) is 1. The van der Waals surface area contributed by atoms with Crippen molar-refractivity contribution in [2.45, 2.75) is 68.4 Å². The number of nitrogens with one attached hydrogen (secondary N) is 1. The Balaban J connectivity index is 1.69. The van der Waals surface area contributed by atoms with Gasteiger partial charge in [0.05, 0.1) is 10.9 Å². The van der Waals surface area contributed by atoms with Crippen LogP contribution in [0.1, 0.15) is 54.4 Å². The van der Waals surface area contributed by atoms with Gasteiger partial charge in [-0.1, -0.05) is 20.8 Å². The van der Waals surface area contributed by atoms with Crippen molar-refractivity contribution in [1.82, 2.24) is 10.3 Å². The summed E-state index contributed by atoms with van der Waals surface area (Å²) >= 11 is 6.19. The van der Waals surface area contributed by atoms with Crippen LogP contribution in [0, 0.1) is 0 Å². The Hall–Kier alpha value is 0.290. The summed E-state index contributed by atoms with van der Waals surface area (Å²) < 4.78 is 0. The Bertz CT molecular complexity index is 456. The first kappa shape index (κ1) is 15.2. The van der Waals surface area contributed by atoms with Crippen molar-refractivity contribution in [1.29, 1.82) is 0 Å². The normalized spacial score (nSPS) is 30.6. The van der Waals surface area contributed by atoms with E-state index in [-0.39, 0.29) is 0 Å². The van der Waals surface area contributed by atoms with Crippen molar-refractivity contribution < 1.29 is 0 Å². The summed E-state index contributed by atoms with van der Waals surface area (Å²) in [7, 11) is 0. The van der Waals surface area contributed by atoms with Gasteiger partial charge in [-0.05, 0) is 19.3 Å². The first-order valence-corrected chi connectivity index (χ1v) is 10.5. The molecule has 5 heteroatoms. The topological polar surface area (TPSA) is 24.9 Å². The zero-order chi connectivity index (χ0) is 14.1. The third-order valence-electron chi connectivity index (χ3n) is 4.08. The van der Waals surface area contributed by atoms with E-state index < -0.39 is 0 Å². The summed E-state index contributed by atoms with van der Waals surface area (Å²) in [6.45, 7) is 7.97. The molecular weight excluding hydrogens is 304 g/mol. The average molecular weight is 329 g/mol. The molecule has 3 rings (SSSR count). The predicted molar refractivity (Wildman–Crippen MR) is 93.1 cm³/mol. The smallest absolute Gasteiger partial charge is 0.107 e. The van der Waals surface area contributed by atoms with Crippen molar-refractivity contribution in [3.63, 3.8) is 0 Å². The summed E-state index contributed by atoms with van der Waals surface area (Å²) in [6.07, 6.45) is 3.78. The molecule has 0 radical (unpaired) electrons. The maximum absolute atomic E-state index is 4.95. The van der Waals surface area contributed by atoms with E-state index in [1.165, 1.54) is 34.2 Å². The van der Waals surface area contributed by atoms with Crippen LogP contribution in [0.4, 0.5) is 0 Å². The van der Waals surface area contributed by atoms with E-state index in [4.69, 9.17) is 4.98 Å². The first-order chi connectivity index (χ1) is 9.67. The highest BCUT2D eigenvalue weighted by Crippen LogP contribution is 2.45. The predicted octanol–water partition coefficient (Wildman–Crippen LogP) is 4.26. The van der Waals surface area contributed by atoms with Gasteiger partial charge >= 0.3 is 0 Å². The highest BCUT2D eigenvalue weighted by molar-refractivity contribution is 8.07. The fraction of sp³-hybridized carbons (Fsp3) is 0.800. The van der Waals surface area contributed by atoms with Crippen LogP contribution >= 0.6 is 34.9 Å². The number of aromatic nitrogens is 1. The van der Waals surface area contributed by atoms with Gasteiger partial charge in [0.25, 0.3) is 0 Å². The minimum Gasteiger partial charge on any atom is -0.309 e. The van der Waals surface area contributed by atoms with E-state index in [0.717, 1.165) is 29.5 Å². The largest absolute Gasteiger partial charge is 0.309 e. The lowest BCUT2D eigenvalue weighted by atomic mass is 10.3. The van der Waals surface area contributed by atoms with Crippen LogP contribution in [0.25, 0.3) is 0 Å². The van der Waals surface area contributed by atoms with E-state index in [1.54, 1.807) is 0 Å². The fourth-order valence-corrected chi connectivity index (χ4v) is 6.69. The second-order valence-electron chi connectivity index (χ2n) is 5.80. The molecule has 2 nitrogen and oxygen atoms in total. The molecule has 3 unspecified atom stereocenters. The van der Waals surface area contributed by atoms with E-state index in [0.29, 0.717) is 5.25 Å². The van der Waals surface area contributed by atoms with Crippen LogP contribution in [0.15, 0.2) is 0 Å². The van der Waals surface area contributed by atoms with Gasteiger partial charge in [0.1, 0.15) is 5.01 Å². The molecule has 0 amide bonds. The van der Waals surface area contributed by atoms with Crippen molar-refractivity contribution >= 4 is 34.9 Å². The molecule has 2 aliphatic rings. The van der Waals surface area contributed by atoms with Gasteiger partial charge in [-0.15, -0.1) is 23.1 Å². The van der Waals surface area contributed by atoms with Gasteiger partial charge in [-0.25, -0.2) is 4.98 Å². The highest BCUT2D eigenvalue weighted by Gasteiger charge is 2.29. The number of aryl methyl sites for hydroxylation is 1. The molecule has 1 saturated carbocycles. The molecule has 2 heterocycles. The van der Waals surface area contributed by atoms with Crippen LogP contribution in [-0.4, -0.2) is 27.3 Å². The molecule has 0 bridgehead atoms. The SMILES string of the molecule is CCc1nc(C2CSC(C)C(C)S2)sc1CNC1CC1.